The first-order valence-electron chi connectivity index (χ1n) is 4.67. The van der Waals surface area contributed by atoms with E-state index in [1.165, 1.54) is 0 Å². The van der Waals surface area contributed by atoms with Gasteiger partial charge in [0.25, 0.3) is 0 Å². The van der Waals surface area contributed by atoms with Crippen LogP contribution in [0.5, 0.6) is 5.75 Å². The summed E-state index contributed by atoms with van der Waals surface area (Å²) in [6.07, 6.45) is -0.0739. The van der Waals surface area contributed by atoms with Gasteiger partial charge in [-0.2, -0.15) is 0 Å². The molecular weight excluding hydrogens is 183 g/mol. The molecule has 2 atom stereocenters. The lowest BCUT2D eigenvalue weighted by atomic mass is 10.1. The van der Waals surface area contributed by atoms with Crippen LogP contribution in [0.15, 0.2) is 24.3 Å². The topological polar surface area (TPSA) is 18.5 Å². The van der Waals surface area contributed by atoms with Gasteiger partial charge >= 0.3 is 0 Å². The van der Waals surface area contributed by atoms with Gasteiger partial charge in [0.05, 0.1) is 0 Å². The average molecular weight is 196 g/mol. The number of hydrogen-bond acceptors (Lipinski definition) is 2. The molecule has 3 heteroatoms. The van der Waals surface area contributed by atoms with E-state index in [2.05, 4.69) is 0 Å². The number of benzene rings is 1. The number of rotatable bonds is 4. The molecule has 1 aromatic carbocycles. The Balaban J connectivity index is 2.12. The lowest BCUT2D eigenvalue weighted by molar-refractivity contribution is 0.0503. The molecule has 0 spiro atoms. The van der Waals surface area contributed by atoms with Crippen molar-refractivity contribution in [3.8, 4) is 5.75 Å². The van der Waals surface area contributed by atoms with Gasteiger partial charge in [-0.15, -0.1) is 0 Å². The first-order valence-corrected chi connectivity index (χ1v) is 4.67. The molecule has 0 heterocycles. The van der Waals surface area contributed by atoms with Crippen molar-refractivity contribution in [2.45, 2.75) is 18.5 Å². The van der Waals surface area contributed by atoms with Gasteiger partial charge in [0, 0.05) is 18.6 Å². The van der Waals surface area contributed by atoms with Crippen LogP contribution in [-0.4, -0.2) is 20.1 Å². The van der Waals surface area contributed by atoms with E-state index in [9.17, 15) is 4.39 Å². The molecule has 1 aromatic rings. The third kappa shape index (κ3) is 1.87. The van der Waals surface area contributed by atoms with Crippen molar-refractivity contribution in [2.24, 2.45) is 0 Å². The second-order valence-corrected chi connectivity index (χ2v) is 3.45. The highest BCUT2D eigenvalue weighted by atomic mass is 19.1. The summed E-state index contributed by atoms with van der Waals surface area (Å²) in [5.41, 5.74) is 0.956. The van der Waals surface area contributed by atoms with Gasteiger partial charge < -0.3 is 9.47 Å². The van der Waals surface area contributed by atoms with E-state index >= 15 is 0 Å². The third-order valence-corrected chi connectivity index (χ3v) is 2.36. The van der Waals surface area contributed by atoms with Gasteiger partial charge in [0.1, 0.15) is 11.9 Å². The monoisotopic (exact) mass is 196 g/mol. The van der Waals surface area contributed by atoms with E-state index in [1.807, 2.05) is 24.3 Å². The first kappa shape index (κ1) is 9.46. The maximum Gasteiger partial charge on any atom is 0.188 e. The molecule has 0 bridgehead atoms. The zero-order valence-corrected chi connectivity index (χ0v) is 8.07. The minimum Gasteiger partial charge on any atom is -0.467 e. The predicted octanol–water partition coefficient (Wildman–Crippen LogP) is 2.49. The number of alkyl halides is 1. The second kappa shape index (κ2) is 3.96. The Hall–Kier alpha value is -1.09. The molecule has 14 heavy (non-hydrogen) atoms. The minimum atomic E-state index is -0.692. The van der Waals surface area contributed by atoms with Crippen molar-refractivity contribution in [3.63, 3.8) is 0 Å². The maximum atomic E-state index is 12.9. The zero-order valence-electron chi connectivity index (χ0n) is 8.07. The van der Waals surface area contributed by atoms with Crippen LogP contribution in [0, 0.1) is 0 Å². The molecule has 1 fully saturated rings. The largest absolute Gasteiger partial charge is 0.467 e. The van der Waals surface area contributed by atoms with Crippen LogP contribution in [0.25, 0.3) is 0 Å². The molecule has 1 aliphatic carbocycles. The standard InChI is InChI=1S/C11H13FO2/c1-13-7-14-11-5-3-2-4-8(11)9-6-10(9)12/h2-5,9-10H,6-7H2,1H3/t9?,10-/m1/s1. The molecule has 76 valence electrons. The number of halogens is 1. The van der Waals surface area contributed by atoms with Gasteiger partial charge in [-0.3, -0.25) is 0 Å². The molecule has 1 aliphatic rings. The second-order valence-electron chi connectivity index (χ2n) is 3.45. The van der Waals surface area contributed by atoms with Crippen LogP contribution in [0.3, 0.4) is 0 Å². The Bertz CT molecular complexity index is 314. The van der Waals surface area contributed by atoms with E-state index in [-0.39, 0.29) is 12.7 Å². The number of para-hydroxylation sites is 1. The Morgan fingerprint density at radius 1 is 1.43 bits per heavy atom. The van der Waals surface area contributed by atoms with Crippen molar-refractivity contribution in [3.05, 3.63) is 29.8 Å². The highest BCUT2D eigenvalue weighted by Crippen LogP contribution is 2.46. The fraction of sp³-hybridized carbons (Fsp3) is 0.455. The SMILES string of the molecule is COCOc1ccccc1C1C[C@H]1F. The van der Waals surface area contributed by atoms with Crippen LogP contribution in [0.1, 0.15) is 17.9 Å². The summed E-state index contributed by atoms with van der Waals surface area (Å²) in [6, 6.07) is 7.54. The zero-order chi connectivity index (χ0) is 9.97. The molecule has 2 nitrogen and oxygen atoms in total. The van der Waals surface area contributed by atoms with Crippen LogP contribution in [0.4, 0.5) is 4.39 Å². The summed E-state index contributed by atoms with van der Waals surface area (Å²) in [6.45, 7) is 0.209. The molecule has 0 aliphatic heterocycles. The molecule has 1 saturated carbocycles. The Kier molecular flexibility index (Phi) is 2.68. The van der Waals surface area contributed by atoms with Crippen molar-refractivity contribution in [1.29, 1.82) is 0 Å². The van der Waals surface area contributed by atoms with Gasteiger partial charge in [-0.25, -0.2) is 4.39 Å². The normalized spacial score (nSPS) is 24.7. The Morgan fingerprint density at radius 2 is 2.14 bits per heavy atom. The smallest absolute Gasteiger partial charge is 0.188 e. The third-order valence-electron chi connectivity index (χ3n) is 2.36. The predicted molar refractivity (Wildman–Crippen MR) is 51.2 cm³/mol. The van der Waals surface area contributed by atoms with Crippen molar-refractivity contribution < 1.29 is 13.9 Å². The van der Waals surface area contributed by atoms with E-state index < -0.39 is 6.17 Å². The van der Waals surface area contributed by atoms with Crippen LogP contribution >= 0.6 is 0 Å². The summed E-state index contributed by atoms with van der Waals surface area (Å²) >= 11 is 0. The van der Waals surface area contributed by atoms with Crippen molar-refractivity contribution >= 4 is 0 Å². The highest BCUT2D eigenvalue weighted by Gasteiger charge is 2.40. The Morgan fingerprint density at radius 3 is 2.79 bits per heavy atom. The molecule has 2 rings (SSSR count). The Labute approximate surface area is 82.6 Å². The lowest BCUT2D eigenvalue weighted by Gasteiger charge is -2.09. The van der Waals surface area contributed by atoms with Crippen LogP contribution in [-0.2, 0) is 4.74 Å². The molecule has 0 saturated heterocycles. The summed E-state index contributed by atoms with van der Waals surface area (Å²) < 4.78 is 23.0. The fourth-order valence-corrected chi connectivity index (χ4v) is 1.53. The van der Waals surface area contributed by atoms with Crippen LogP contribution < -0.4 is 4.74 Å². The summed E-state index contributed by atoms with van der Waals surface area (Å²) in [5.74, 6) is 0.766. The lowest BCUT2D eigenvalue weighted by Crippen LogP contribution is -2.01. The number of hydrogen-bond donors (Lipinski definition) is 0. The van der Waals surface area contributed by atoms with Gasteiger partial charge in [-0.05, 0) is 12.5 Å². The summed E-state index contributed by atoms with van der Waals surface area (Å²) in [5, 5.41) is 0. The van der Waals surface area contributed by atoms with Gasteiger partial charge in [0.15, 0.2) is 6.79 Å². The van der Waals surface area contributed by atoms with E-state index in [1.54, 1.807) is 7.11 Å². The number of methoxy groups -OCH3 is 1. The van der Waals surface area contributed by atoms with Gasteiger partial charge in [0.2, 0.25) is 0 Å². The molecule has 0 N–H and O–H groups in total. The molecule has 0 radical (unpaired) electrons. The average Bonchev–Trinajstić information content (AvgIpc) is 2.93. The van der Waals surface area contributed by atoms with Crippen LogP contribution in [0.2, 0.25) is 0 Å². The molecule has 0 amide bonds. The van der Waals surface area contributed by atoms with E-state index in [0.717, 1.165) is 11.3 Å². The van der Waals surface area contributed by atoms with Gasteiger partial charge in [-0.1, -0.05) is 18.2 Å². The first-order chi connectivity index (χ1) is 6.83. The maximum absolute atomic E-state index is 12.9. The summed E-state index contributed by atoms with van der Waals surface area (Å²) in [4.78, 5) is 0. The van der Waals surface area contributed by atoms with Crippen molar-refractivity contribution in [2.75, 3.05) is 13.9 Å². The number of ether oxygens (including phenoxy) is 2. The highest BCUT2D eigenvalue weighted by molar-refractivity contribution is 5.40. The van der Waals surface area contributed by atoms with Crippen molar-refractivity contribution in [1.82, 2.24) is 0 Å². The molecule has 0 aromatic heterocycles. The van der Waals surface area contributed by atoms with E-state index in [4.69, 9.17) is 9.47 Å². The fourth-order valence-electron chi connectivity index (χ4n) is 1.53. The minimum absolute atomic E-state index is 0.0306. The quantitative estimate of drug-likeness (QED) is 0.689. The van der Waals surface area contributed by atoms with E-state index in [0.29, 0.717) is 6.42 Å². The summed E-state index contributed by atoms with van der Waals surface area (Å²) in [7, 11) is 1.57. The molecule has 1 unspecified atom stereocenters. The molecular formula is C11H13FO2.